The highest BCUT2D eigenvalue weighted by Crippen LogP contribution is 2.17. The van der Waals surface area contributed by atoms with Gasteiger partial charge in [0.05, 0.1) is 5.69 Å². The topological polar surface area (TPSA) is 58.3 Å². The molecule has 0 spiro atoms. The number of nitrogens with one attached hydrogen (secondary N) is 1. The molecule has 1 heterocycles. The number of aliphatic hydroxyl groups excluding tert-OH is 1. The van der Waals surface area contributed by atoms with Gasteiger partial charge in [0.2, 0.25) is 5.89 Å². The molecule has 2 N–H and O–H groups in total. The molecule has 4 nitrogen and oxygen atoms in total. The van der Waals surface area contributed by atoms with E-state index in [1.807, 2.05) is 37.3 Å². The zero-order chi connectivity index (χ0) is 12.8. The molecule has 0 aliphatic heterocycles. The molecule has 0 fully saturated rings. The molecule has 0 amide bonds. The SMILES string of the molecule is C[C@H](CCO)NCc1coc(-c2ccccc2)n1. The van der Waals surface area contributed by atoms with Crippen LogP contribution in [0, 0.1) is 0 Å². The van der Waals surface area contributed by atoms with Crippen molar-refractivity contribution in [3.63, 3.8) is 0 Å². The van der Waals surface area contributed by atoms with Crippen molar-refractivity contribution in [2.45, 2.75) is 25.9 Å². The van der Waals surface area contributed by atoms with Crippen molar-refractivity contribution in [1.29, 1.82) is 0 Å². The van der Waals surface area contributed by atoms with Crippen LogP contribution in [0.2, 0.25) is 0 Å². The lowest BCUT2D eigenvalue weighted by molar-refractivity contribution is 0.268. The lowest BCUT2D eigenvalue weighted by Crippen LogP contribution is -2.26. The lowest BCUT2D eigenvalue weighted by atomic mass is 10.2. The van der Waals surface area contributed by atoms with E-state index in [9.17, 15) is 0 Å². The first kappa shape index (κ1) is 12.8. The molecular formula is C14H18N2O2. The molecule has 0 aliphatic carbocycles. The van der Waals surface area contributed by atoms with E-state index < -0.39 is 0 Å². The second-order valence-corrected chi connectivity index (χ2v) is 4.30. The third-order valence-electron chi connectivity index (χ3n) is 2.77. The molecule has 0 unspecified atom stereocenters. The summed E-state index contributed by atoms with van der Waals surface area (Å²) in [5, 5.41) is 12.1. The van der Waals surface area contributed by atoms with Crippen LogP contribution >= 0.6 is 0 Å². The summed E-state index contributed by atoms with van der Waals surface area (Å²) >= 11 is 0. The molecule has 0 bridgehead atoms. The molecule has 2 rings (SSSR count). The summed E-state index contributed by atoms with van der Waals surface area (Å²) < 4.78 is 5.44. The average molecular weight is 246 g/mol. The lowest BCUT2D eigenvalue weighted by Gasteiger charge is -2.09. The van der Waals surface area contributed by atoms with Crippen LogP contribution in [0.3, 0.4) is 0 Å². The highest BCUT2D eigenvalue weighted by molar-refractivity contribution is 5.52. The van der Waals surface area contributed by atoms with Crippen molar-refractivity contribution in [3.8, 4) is 11.5 Å². The van der Waals surface area contributed by atoms with E-state index in [0.29, 0.717) is 12.4 Å². The Morgan fingerprint density at radius 1 is 1.33 bits per heavy atom. The number of rotatable bonds is 6. The molecule has 1 aromatic heterocycles. The van der Waals surface area contributed by atoms with E-state index in [2.05, 4.69) is 10.3 Å². The van der Waals surface area contributed by atoms with Crippen LogP contribution in [-0.2, 0) is 6.54 Å². The van der Waals surface area contributed by atoms with E-state index >= 15 is 0 Å². The van der Waals surface area contributed by atoms with Crippen LogP contribution in [0.15, 0.2) is 41.0 Å². The summed E-state index contributed by atoms with van der Waals surface area (Å²) in [7, 11) is 0. The first-order valence-electron chi connectivity index (χ1n) is 6.13. The predicted octanol–water partition coefficient (Wildman–Crippen LogP) is 2.20. The average Bonchev–Trinajstić information content (AvgIpc) is 2.87. The van der Waals surface area contributed by atoms with Crippen molar-refractivity contribution in [3.05, 3.63) is 42.3 Å². The maximum atomic E-state index is 8.81. The van der Waals surface area contributed by atoms with Gasteiger partial charge in [-0.25, -0.2) is 4.98 Å². The molecule has 0 radical (unpaired) electrons. The van der Waals surface area contributed by atoms with Crippen LogP contribution in [0.5, 0.6) is 0 Å². The van der Waals surface area contributed by atoms with E-state index in [0.717, 1.165) is 17.7 Å². The van der Waals surface area contributed by atoms with Gasteiger partial charge in [-0.05, 0) is 25.5 Å². The molecular weight excluding hydrogens is 228 g/mol. The predicted molar refractivity (Wildman–Crippen MR) is 69.9 cm³/mol. The van der Waals surface area contributed by atoms with Gasteiger partial charge in [0, 0.05) is 24.8 Å². The van der Waals surface area contributed by atoms with Crippen LogP contribution < -0.4 is 5.32 Å². The minimum atomic E-state index is 0.197. The first-order valence-corrected chi connectivity index (χ1v) is 6.13. The van der Waals surface area contributed by atoms with Crippen molar-refractivity contribution < 1.29 is 9.52 Å². The fourth-order valence-corrected chi connectivity index (χ4v) is 1.68. The minimum absolute atomic E-state index is 0.197. The molecule has 0 saturated carbocycles. The Morgan fingerprint density at radius 3 is 2.83 bits per heavy atom. The van der Waals surface area contributed by atoms with Gasteiger partial charge in [0.25, 0.3) is 0 Å². The molecule has 1 atom stereocenters. The van der Waals surface area contributed by atoms with Crippen molar-refractivity contribution >= 4 is 0 Å². The zero-order valence-corrected chi connectivity index (χ0v) is 10.5. The van der Waals surface area contributed by atoms with Crippen LogP contribution in [-0.4, -0.2) is 22.7 Å². The molecule has 4 heteroatoms. The Balaban J connectivity index is 1.95. The Bertz CT molecular complexity index is 468. The number of nitrogens with zero attached hydrogens (tertiary/aromatic N) is 1. The number of hydrogen-bond acceptors (Lipinski definition) is 4. The van der Waals surface area contributed by atoms with Gasteiger partial charge in [-0.2, -0.15) is 0 Å². The first-order chi connectivity index (χ1) is 8.79. The minimum Gasteiger partial charge on any atom is -0.444 e. The Hall–Kier alpha value is -1.65. The van der Waals surface area contributed by atoms with Gasteiger partial charge in [0.1, 0.15) is 6.26 Å². The number of benzene rings is 1. The van der Waals surface area contributed by atoms with Crippen LogP contribution in [0.25, 0.3) is 11.5 Å². The largest absolute Gasteiger partial charge is 0.444 e. The van der Waals surface area contributed by atoms with E-state index in [4.69, 9.17) is 9.52 Å². The van der Waals surface area contributed by atoms with Gasteiger partial charge in [-0.3, -0.25) is 0 Å². The van der Waals surface area contributed by atoms with Crippen LogP contribution in [0.4, 0.5) is 0 Å². The number of aliphatic hydroxyl groups is 1. The summed E-state index contributed by atoms with van der Waals surface area (Å²) in [5.74, 6) is 0.641. The van der Waals surface area contributed by atoms with Crippen molar-refractivity contribution in [2.24, 2.45) is 0 Å². The third-order valence-corrected chi connectivity index (χ3v) is 2.77. The molecule has 1 aromatic carbocycles. The second kappa shape index (κ2) is 6.33. The fraction of sp³-hybridized carbons (Fsp3) is 0.357. The summed E-state index contributed by atoms with van der Waals surface area (Å²) in [5.41, 5.74) is 1.85. The molecule has 0 saturated heterocycles. The summed E-state index contributed by atoms with van der Waals surface area (Å²) in [4.78, 5) is 4.42. The fourth-order valence-electron chi connectivity index (χ4n) is 1.68. The van der Waals surface area contributed by atoms with Gasteiger partial charge in [-0.1, -0.05) is 18.2 Å². The molecule has 0 aliphatic rings. The highest BCUT2D eigenvalue weighted by atomic mass is 16.3. The van der Waals surface area contributed by atoms with Crippen LogP contribution in [0.1, 0.15) is 19.0 Å². The molecule has 18 heavy (non-hydrogen) atoms. The van der Waals surface area contributed by atoms with E-state index in [-0.39, 0.29) is 12.6 Å². The Kier molecular flexibility index (Phi) is 4.50. The smallest absolute Gasteiger partial charge is 0.226 e. The van der Waals surface area contributed by atoms with Gasteiger partial charge >= 0.3 is 0 Å². The van der Waals surface area contributed by atoms with Gasteiger partial charge in [0.15, 0.2) is 0 Å². The summed E-state index contributed by atoms with van der Waals surface area (Å²) in [6.45, 7) is 2.88. The van der Waals surface area contributed by atoms with Crippen molar-refractivity contribution in [2.75, 3.05) is 6.61 Å². The van der Waals surface area contributed by atoms with E-state index in [1.165, 1.54) is 0 Å². The maximum absolute atomic E-state index is 8.81. The van der Waals surface area contributed by atoms with Gasteiger partial charge < -0.3 is 14.8 Å². The Morgan fingerprint density at radius 2 is 2.11 bits per heavy atom. The number of aromatic nitrogens is 1. The molecule has 96 valence electrons. The normalized spacial score (nSPS) is 12.6. The van der Waals surface area contributed by atoms with E-state index in [1.54, 1.807) is 6.26 Å². The second-order valence-electron chi connectivity index (χ2n) is 4.30. The molecule has 2 aromatic rings. The monoisotopic (exact) mass is 246 g/mol. The quantitative estimate of drug-likeness (QED) is 0.820. The zero-order valence-electron chi connectivity index (χ0n) is 10.5. The third kappa shape index (κ3) is 3.42. The van der Waals surface area contributed by atoms with Gasteiger partial charge in [-0.15, -0.1) is 0 Å². The summed E-state index contributed by atoms with van der Waals surface area (Å²) in [6.07, 6.45) is 2.41. The van der Waals surface area contributed by atoms with Crippen molar-refractivity contribution in [1.82, 2.24) is 10.3 Å². The number of hydrogen-bond donors (Lipinski definition) is 2. The summed E-state index contributed by atoms with van der Waals surface area (Å²) in [6, 6.07) is 10.1. The highest BCUT2D eigenvalue weighted by Gasteiger charge is 2.07. The number of oxazole rings is 1. The Labute approximate surface area is 107 Å². The maximum Gasteiger partial charge on any atom is 0.226 e. The standard InChI is InChI=1S/C14H18N2O2/c1-11(7-8-17)15-9-13-10-18-14(16-13)12-5-3-2-4-6-12/h2-6,10-11,15,17H,7-9H2,1H3/t11-/m1/s1.